The zero-order chi connectivity index (χ0) is 15.5. The maximum absolute atomic E-state index is 13.4. The molecule has 20 heavy (non-hydrogen) atoms. The van der Waals surface area contributed by atoms with E-state index < -0.39 is 32.4 Å². The molecule has 1 unspecified atom stereocenters. The molecule has 0 saturated carbocycles. The van der Waals surface area contributed by atoms with Gasteiger partial charge in [0.05, 0.1) is 21.8 Å². The Morgan fingerprint density at radius 1 is 1.55 bits per heavy atom. The van der Waals surface area contributed by atoms with Crippen LogP contribution < -0.4 is 9.88 Å². The Kier molecular flexibility index (Phi) is 5.42. The van der Waals surface area contributed by atoms with Crippen molar-refractivity contribution in [2.45, 2.75) is 6.92 Å². The molecule has 0 aliphatic carbocycles. The highest BCUT2D eigenvalue weighted by Crippen LogP contribution is 2.32. The highest BCUT2D eigenvalue weighted by atomic mass is 79.9. The van der Waals surface area contributed by atoms with E-state index in [0.717, 1.165) is 12.1 Å². The van der Waals surface area contributed by atoms with Gasteiger partial charge in [-0.3, -0.25) is 10.1 Å². The van der Waals surface area contributed by atoms with Crippen molar-refractivity contribution in [2.75, 3.05) is 12.4 Å². The third-order valence-electron chi connectivity index (χ3n) is 2.24. The number of hydrogen-bond acceptors (Lipinski definition) is 5. The Labute approximate surface area is 123 Å². The number of rotatable bonds is 6. The van der Waals surface area contributed by atoms with Crippen molar-refractivity contribution in [1.82, 2.24) is 0 Å². The SMILES string of the molecule is CC(COc1cc(F)c(Br)cc1[N+](=O)[O-])CS(N)(=O)=O. The fraction of sp³-hybridized carbons (Fsp3) is 0.400. The Morgan fingerprint density at radius 2 is 2.15 bits per heavy atom. The molecule has 0 spiro atoms. The van der Waals surface area contributed by atoms with Gasteiger partial charge in [0.2, 0.25) is 10.0 Å². The van der Waals surface area contributed by atoms with Crippen LogP contribution in [0.25, 0.3) is 0 Å². The minimum atomic E-state index is -3.66. The molecule has 1 aromatic carbocycles. The molecule has 1 atom stereocenters. The Hall–Kier alpha value is -1.26. The summed E-state index contributed by atoms with van der Waals surface area (Å²) < 4.78 is 40.2. The van der Waals surface area contributed by atoms with Crippen LogP contribution in [-0.2, 0) is 10.0 Å². The molecule has 0 aliphatic rings. The smallest absolute Gasteiger partial charge is 0.312 e. The number of ether oxygens (including phenoxy) is 1. The molecule has 112 valence electrons. The van der Waals surface area contributed by atoms with Gasteiger partial charge in [-0.2, -0.15) is 0 Å². The summed E-state index contributed by atoms with van der Waals surface area (Å²) in [6.07, 6.45) is 0. The second-order valence-corrected chi connectivity index (χ2v) is 6.75. The minimum absolute atomic E-state index is 0.0610. The Bertz CT molecular complexity index is 622. The molecule has 1 rings (SSSR count). The van der Waals surface area contributed by atoms with Gasteiger partial charge < -0.3 is 4.74 Å². The molecule has 0 fully saturated rings. The molecule has 1 aromatic rings. The van der Waals surface area contributed by atoms with Gasteiger partial charge >= 0.3 is 5.69 Å². The van der Waals surface area contributed by atoms with Gasteiger partial charge in [-0.05, 0) is 15.9 Å². The quantitative estimate of drug-likeness (QED) is 0.605. The molecule has 0 heterocycles. The summed E-state index contributed by atoms with van der Waals surface area (Å²) in [6.45, 7) is 1.41. The van der Waals surface area contributed by atoms with Crippen LogP contribution in [0.4, 0.5) is 10.1 Å². The van der Waals surface area contributed by atoms with Crippen molar-refractivity contribution in [3.05, 3.63) is 32.5 Å². The highest BCUT2D eigenvalue weighted by molar-refractivity contribution is 9.10. The van der Waals surface area contributed by atoms with Crippen LogP contribution in [0.2, 0.25) is 0 Å². The average Bonchev–Trinajstić information content (AvgIpc) is 2.27. The molecule has 0 amide bonds. The van der Waals surface area contributed by atoms with E-state index >= 15 is 0 Å². The lowest BCUT2D eigenvalue weighted by atomic mass is 10.2. The number of sulfonamides is 1. The van der Waals surface area contributed by atoms with Crippen molar-refractivity contribution in [1.29, 1.82) is 0 Å². The average molecular weight is 371 g/mol. The zero-order valence-corrected chi connectivity index (χ0v) is 12.8. The minimum Gasteiger partial charge on any atom is -0.486 e. The molecular weight excluding hydrogens is 359 g/mol. The molecule has 0 aromatic heterocycles. The fourth-order valence-corrected chi connectivity index (χ4v) is 2.67. The molecule has 7 nitrogen and oxygen atoms in total. The summed E-state index contributed by atoms with van der Waals surface area (Å²) in [5, 5.41) is 15.7. The number of nitro groups is 1. The third kappa shape index (κ3) is 5.02. The fourth-order valence-electron chi connectivity index (χ4n) is 1.45. The van der Waals surface area contributed by atoms with Gasteiger partial charge in [0.15, 0.2) is 5.75 Å². The van der Waals surface area contributed by atoms with Gasteiger partial charge in [0, 0.05) is 18.1 Å². The lowest BCUT2D eigenvalue weighted by molar-refractivity contribution is -0.386. The van der Waals surface area contributed by atoms with Crippen LogP contribution in [0.5, 0.6) is 5.75 Å². The molecule has 0 bridgehead atoms. The van der Waals surface area contributed by atoms with Crippen molar-refractivity contribution < 1.29 is 22.5 Å². The topological polar surface area (TPSA) is 113 Å². The second kappa shape index (κ2) is 6.46. The monoisotopic (exact) mass is 370 g/mol. The van der Waals surface area contributed by atoms with Gasteiger partial charge in [-0.25, -0.2) is 17.9 Å². The van der Waals surface area contributed by atoms with E-state index in [2.05, 4.69) is 15.9 Å². The van der Waals surface area contributed by atoms with Gasteiger partial charge in [0.25, 0.3) is 0 Å². The maximum Gasteiger partial charge on any atom is 0.312 e. The number of nitrogens with zero attached hydrogens (tertiary/aromatic N) is 1. The van der Waals surface area contributed by atoms with Crippen LogP contribution in [0.1, 0.15) is 6.92 Å². The Balaban J connectivity index is 2.87. The van der Waals surface area contributed by atoms with E-state index in [1.165, 1.54) is 0 Å². The summed E-state index contributed by atoms with van der Waals surface area (Å²) in [7, 11) is -3.66. The predicted molar refractivity (Wildman–Crippen MR) is 73.4 cm³/mol. The molecular formula is C10H12BrFN2O5S. The molecule has 0 aliphatic heterocycles. The van der Waals surface area contributed by atoms with Crippen molar-refractivity contribution in [3.8, 4) is 5.75 Å². The van der Waals surface area contributed by atoms with E-state index in [1.807, 2.05) is 0 Å². The van der Waals surface area contributed by atoms with Crippen LogP contribution in [-0.4, -0.2) is 25.7 Å². The summed E-state index contributed by atoms with van der Waals surface area (Å²) >= 11 is 2.84. The van der Waals surface area contributed by atoms with E-state index in [-0.39, 0.29) is 22.6 Å². The Morgan fingerprint density at radius 3 is 2.65 bits per heavy atom. The van der Waals surface area contributed by atoms with Crippen LogP contribution in [0.3, 0.4) is 0 Å². The molecule has 10 heteroatoms. The molecule has 2 N–H and O–H groups in total. The van der Waals surface area contributed by atoms with Crippen molar-refractivity contribution in [2.24, 2.45) is 11.1 Å². The first-order valence-electron chi connectivity index (χ1n) is 5.37. The number of nitro benzene ring substituents is 1. The van der Waals surface area contributed by atoms with E-state index in [4.69, 9.17) is 9.88 Å². The molecule has 0 radical (unpaired) electrons. The standard InChI is InChI=1S/C10H12BrFN2O5S/c1-6(5-20(13,17)18)4-19-10-3-8(12)7(11)2-9(10)14(15)16/h2-3,6H,4-5H2,1H3,(H2,13,17,18). The first kappa shape index (κ1) is 16.8. The van der Waals surface area contributed by atoms with Gasteiger partial charge in [-0.15, -0.1) is 0 Å². The second-order valence-electron chi connectivity index (χ2n) is 4.24. The zero-order valence-electron chi connectivity index (χ0n) is 10.4. The summed E-state index contributed by atoms with van der Waals surface area (Å²) in [4.78, 5) is 10.1. The van der Waals surface area contributed by atoms with Crippen molar-refractivity contribution in [3.63, 3.8) is 0 Å². The normalized spacial score (nSPS) is 13.0. The largest absolute Gasteiger partial charge is 0.486 e. The number of nitrogens with two attached hydrogens (primary N) is 1. The summed E-state index contributed by atoms with van der Waals surface area (Å²) in [6, 6.07) is 1.85. The summed E-state index contributed by atoms with van der Waals surface area (Å²) in [5.41, 5.74) is -0.416. The lowest BCUT2D eigenvalue weighted by Crippen LogP contribution is -2.25. The van der Waals surface area contributed by atoms with Crippen LogP contribution in [0, 0.1) is 21.8 Å². The van der Waals surface area contributed by atoms with E-state index in [1.54, 1.807) is 6.92 Å². The lowest BCUT2D eigenvalue weighted by Gasteiger charge is -2.12. The van der Waals surface area contributed by atoms with Gasteiger partial charge in [-0.1, -0.05) is 6.92 Å². The van der Waals surface area contributed by atoms with E-state index in [9.17, 15) is 22.9 Å². The third-order valence-corrected chi connectivity index (χ3v) is 3.88. The summed E-state index contributed by atoms with van der Waals surface area (Å²) in [5.74, 6) is -1.81. The highest BCUT2D eigenvalue weighted by Gasteiger charge is 2.20. The van der Waals surface area contributed by atoms with Crippen molar-refractivity contribution >= 4 is 31.6 Å². The number of hydrogen-bond donors (Lipinski definition) is 1. The first-order valence-corrected chi connectivity index (χ1v) is 7.87. The number of halogens is 2. The number of primary sulfonamides is 1. The predicted octanol–water partition coefficient (Wildman–Crippen LogP) is 1.80. The van der Waals surface area contributed by atoms with Crippen LogP contribution >= 0.6 is 15.9 Å². The van der Waals surface area contributed by atoms with Gasteiger partial charge in [0.1, 0.15) is 5.82 Å². The van der Waals surface area contributed by atoms with E-state index in [0.29, 0.717) is 0 Å². The first-order chi connectivity index (χ1) is 9.10. The molecule has 0 saturated heterocycles. The number of benzene rings is 1. The van der Waals surface area contributed by atoms with Crippen LogP contribution in [0.15, 0.2) is 16.6 Å². The maximum atomic E-state index is 13.4.